The molecule has 2 aromatic rings. The number of rotatable bonds is 4. The monoisotopic (exact) mass is 374 g/mol. The third-order valence-corrected chi connectivity index (χ3v) is 2.96. The Labute approximate surface area is 143 Å². The van der Waals surface area contributed by atoms with Crippen LogP contribution in [0.15, 0.2) is 18.2 Å². The van der Waals surface area contributed by atoms with E-state index in [1.807, 2.05) is 0 Å². The van der Waals surface area contributed by atoms with Gasteiger partial charge in [-0.3, -0.25) is 0 Å². The molecule has 1 heterocycles. The summed E-state index contributed by atoms with van der Waals surface area (Å²) in [6.45, 7) is -1.61. The Morgan fingerprint density at radius 2 is 1.69 bits per heavy atom. The molecule has 0 spiro atoms. The van der Waals surface area contributed by atoms with E-state index in [9.17, 15) is 22.8 Å². The number of alkyl halides is 3. The van der Waals surface area contributed by atoms with Crippen LogP contribution in [-0.4, -0.2) is 34.8 Å². The molecule has 0 unspecified atom stereocenters. The zero-order chi connectivity index (χ0) is 19.6. The molecule has 4 amide bonds. The number of hydrogen-bond acceptors (Lipinski definition) is 7. The number of nitrogens with two attached hydrogens (primary N) is 4. The van der Waals surface area contributed by atoms with Gasteiger partial charge in [0.15, 0.2) is 12.4 Å². The highest BCUT2D eigenvalue weighted by atomic mass is 19.4. The fraction of sp³-hybridized carbons (Fsp3) is 0.167. The van der Waals surface area contributed by atoms with Gasteiger partial charge in [-0.1, -0.05) is 6.07 Å². The summed E-state index contributed by atoms with van der Waals surface area (Å²) in [5.41, 5.74) is 10.1. The predicted molar refractivity (Wildman–Crippen MR) is 83.6 cm³/mol. The van der Waals surface area contributed by atoms with Gasteiger partial charge in [-0.05, 0) is 12.1 Å². The standard InChI is InChI=1S/C12H13F3N8O3/c13-12(14,15)4-26-6-3-1-2-5-7(6)8(22(18)9(16)24)21-11(20-5)23(19)10(17)25/h1-3H,4,18-19H2,(H2,16,24)(H2,17,25). The van der Waals surface area contributed by atoms with E-state index in [4.69, 9.17) is 27.9 Å². The third kappa shape index (κ3) is 3.98. The molecular formula is C12H13F3N8O3. The smallest absolute Gasteiger partial charge is 0.422 e. The number of hydrazine groups is 2. The first-order valence-corrected chi connectivity index (χ1v) is 6.70. The molecule has 0 aliphatic rings. The maximum absolute atomic E-state index is 12.4. The van der Waals surface area contributed by atoms with Crippen LogP contribution in [0.2, 0.25) is 0 Å². The molecule has 0 fully saturated rings. The van der Waals surface area contributed by atoms with Gasteiger partial charge < -0.3 is 16.2 Å². The average Bonchev–Trinajstić information content (AvgIpc) is 2.56. The van der Waals surface area contributed by atoms with Gasteiger partial charge in [0, 0.05) is 0 Å². The number of amides is 4. The lowest BCUT2D eigenvalue weighted by molar-refractivity contribution is -0.153. The summed E-state index contributed by atoms with van der Waals surface area (Å²) in [4.78, 5) is 30.3. The van der Waals surface area contributed by atoms with E-state index in [2.05, 4.69) is 9.97 Å². The van der Waals surface area contributed by atoms with Gasteiger partial charge in [0.1, 0.15) is 5.75 Å². The summed E-state index contributed by atoms with van der Waals surface area (Å²) in [5.74, 6) is 9.70. The molecule has 0 aliphatic carbocycles. The van der Waals surface area contributed by atoms with E-state index in [0.717, 1.165) is 0 Å². The highest BCUT2D eigenvalue weighted by Gasteiger charge is 2.29. The lowest BCUT2D eigenvalue weighted by atomic mass is 10.2. The fourth-order valence-electron chi connectivity index (χ4n) is 1.89. The van der Waals surface area contributed by atoms with Crippen LogP contribution in [0.25, 0.3) is 10.9 Å². The minimum Gasteiger partial charge on any atom is -0.483 e. The quantitative estimate of drug-likeness (QED) is 0.332. The van der Waals surface area contributed by atoms with Crippen LogP contribution < -0.4 is 37.9 Å². The second kappa shape index (κ2) is 6.85. The minimum atomic E-state index is -4.62. The molecule has 0 radical (unpaired) electrons. The fourth-order valence-corrected chi connectivity index (χ4v) is 1.89. The molecule has 0 atom stereocenters. The topological polar surface area (TPSA) is 180 Å². The molecule has 8 N–H and O–H groups in total. The highest BCUT2D eigenvalue weighted by Crippen LogP contribution is 2.33. The van der Waals surface area contributed by atoms with Crippen molar-refractivity contribution >= 4 is 34.7 Å². The molecule has 0 bridgehead atoms. The van der Waals surface area contributed by atoms with Gasteiger partial charge in [-0.15, -0.1) is 0 Å². The van der Waals surface area contributed by atoms with Crippen molar-refractivity contribution in [3.05, 3.63) is 18.2 Å². The van der Waals surface area contributed by atoms with E-state index in [1.165, 1.54) is 18.2 Å². The van der Waals surface area contributed by atoms with Crippen LogP contribution in [0, 0.1) is 0 Å². The molecular weight excluding hydrogens is 361 g/mol. The number of carbonyl (C=O) groups excluding carboxylic acids is 2. The Bertz CT molecular complexity index is 859. The van der Waals surface area contributed by atoms with Crippen molar-refractivity contribution in [1.82, 2.24) is 9.97 Å². The average molecular weight is 374 g/mol. The number of hydrogen-bond donors (Lipinski definition) is 4. The van der Waals surface area contributed by atoms with Gasteiger partial charge in [0.25, 0.3) is 5.95 Å². The van der Waals surface area contributed by atoms with Gasteiger partial charge in [0.2, 0.25) is 0 Å². The summed E-state index contributed by atoms with van der Waals surface area (Å²) < 4.78 is 42.1. The third-order valence-electron chi connectivity index (χ3n) is 2.96. The number of primary amides is 2. The number of nitrogens with zero attached hydrogens (tertiary/aromatic N) is 4. The maximum Gasteiger partial charge on any atom is 0.422 e. The summed E-state index contributed by atoms with van der Waals surface area (Å²) in [7, 11) is 0. The first-order chi connectivity index (χ1) is 12.0. The zero-order valence-corrected chi connectivity index (χ0v) is 12.9. The summed E-state index contributed by atoms with van der Waals surface area (Å²) in [5, 5.41) is 0.531. The van der Waals surface area contributed by atoms with Crippen molar-refractivity contribution in [1.29, 1.82) is 0 Å². The largest absolute Gasteiger partial charge is 0.483 e. The minimum absolute atomic E-state index is 0.0296. The van der Waals surface area contributed by atoms with Crippen LogP contribution in [-0.2, 0) is 0 Å². The van der Waals surface area contributed by atoms with E-state index < -0.39 is 36.6 Å². The van der Waals surface area contributed by atoms with Crippen LogP contribution in [0.5, 0.6) is 5.75 Å². The SMILES string of the molecule is NC(=O)N(N)c1nc(N(N)C(N)=O)c2c(OCC(F)(F)F)cccc2n1. The first-order valence-electron chi connectivity index (χ1n) is 6.70. The van der Waals surface area contributed by atoms with Crippen LogP contribution in [0.4, 0.5) is 34.5 Å². The highest BCUT2D eigenvalue weighted by molar-refractivity contribution is 6.03. The molecule has 0 saturated carbocycles. The second-order valence-electron chi connectivity index (χ2n) is 4.82. The van der Waals surface area contributed by atoms with E-state index >= 15 is 0 Å². The lowest BCUT2D eigenvalue weighted by Gasteiger charge is -2.20. The van der Waals surface area contributed by atoms with Crippen molar-refractivity contribution in [2.24, 2.45) is 23.2 Å². The number of benzene rings is 1. The van der Waals surface area contributed by atoms with E-state index in [-0.39, 0.29) is 16.7 Å². The Hall–Kier alpha value is -3.39. The van der Waals surface area contributed by atoms with Crippen molar-refractivity contribution in [2.75, 3.05) is 16.6 Å². The van der Waals surface area contributed by atoms with Gasteiger partial charge in [-0.25, -0.2) is 31.3 Å². The number of urea groups is 2. The number of fused-ring (bicyclic) bond motifs is 1. The molecule has 2 rings (SSSR count). The lowest BCUT2D eigenvalue weighted by Crippen LogP contribution is -2.45. The van der Waals surface area contributed by atoms with E-state index in [0.29, 0.717) is 10.0 Å². The summed E-state index contributed by atoms with van der Waals surface area (Å²) >= 11 is 0. The Balaban J connectivity index is 2.69. The zero-order valence-electron chi connectivity index (χ0n) is 12.9. The molecule has 140 valence electrons. The van der Waals surface area contributed by atoms with Crippen LogP contribution in [0.3, 0.4) is 0 Å². The van der Waals surface area contributed by atoms with Crippen molar-refractivity contribution in [3.63, 3.8) is 0 Å². The normalized spacial score (nSPS) is 11.3. The first kappa shape index (κ1) is 18.9. The number of halogens is 3. The van der Waals surface area contributed by atoms with Crippen molar-refractivity contribution in [3.8, 4) is 5.75 Å². The Kier molecular flexibility index (Phi) is 4.99. The Morgan fingerprint density at radius 1 is 1.08 bits per heavy atom. The van der Waals surface area contributed by atoms with Crippen LogP contribution >= 0.6 is 0 Å². The maximum atomic E-state index is 12.4. The second-order valence-corrected chi connectivity index (χ2v) is 4.82. The van der Waals surface area contributed by atoms with Gasteiger partial charge in [-0.2, -0.15) is 23.2 Å². The molecule has 0 saturated heterocycles. The number of aromatic nitrogens is 2. The number of carbonyl (C=O) groups is 2. The van der Waals surface area contributed by atoms with Crippen molar-refractivity contribution < 1.29 is 27.5 Å². The molecule has 11 nitrogen and oxygen atoms in total. The number of ether oxygens (including phenoxy) is 1. The molecule has 1 aromatic carbocycles. The van der Waals surface area contributed by atoms with E-state index in [1.54, 1.807) is 0 Å². The Morgan fingerprint density at radius 3 is 2.23 bits per heavy atom. The molecule has 1 aromatic heterocycles. The van der Waals surface area contributed by atoms with Crippen LogP contribution in [0.1, 0.15) is 0 Å². The molecule has 26 heavy (non-hydrogen) atoms. The molecule has 0 aliphatic heterocycles. The number of anilines is 2. The summed E-state index contributed by atoms with van der Waals surface area (Å²) in [6, 6.07) is 1.52. The van der Waals surface area contributed by atoms with Gasteiger partial charge >= 0.3 is 18.2 Å². The van der Waals surface area contributed by atoms with Gasteiger partial charge in [0.05, 0.1) is 10.9 Å². The van der Waals surface area contributed by atoms with Crippen molar-refractivity contribution in [2.45, 2.75) is 6.18 Å². The summed E-state index contributed by atoms with van der Waals surface area (Å²) in [6.07, 6.45) is -4.62. The predicted octanol–water partition coefficient (Wildman–Crippen LogP) is 0.0885. The molecule has 14 heteroatoms.